The second-order valence-electron chi connectivity index (χ2n) is 9.38. The maximum Gasteiger partial charge on any atom is 0.407 e. The summed E-state index contributed by atoms with van der Waals surface area (Å²) in [5.41, 5.74) is 4.57. The molecule has 0 bridgehead atoms. The monoisotopic (exact) mass is 482 g/mol. The molecule has 2 amide bonds. The van der Waals surface area contributed by atoms with Gasteiger partial charge in [0.05, 0.1) is 0 Å². The fourth-order valence-corrected chi connectivity index (χ4v) is 4.68. The van der Waals surface area contributed by atoms with Gasteiger partial charge in [-0.25, -0.2) is 9.59 Å². The second-order valence-corrected chi connectivity index (χ2v) is 9.38. The number of alkyl carbamates (subject to hydrolysis) is 1. The third kappa shape index (κ3) is 7.05. The Balaban J connectivity index is 1.55. The van der Waals surface area contributed by atoms with Crippen LogP contribution >= 0.6 is 0 Å². The van der Waals surface area contributed by atoms with Crippen molar-refractivity contribution in [1.29, 1.82) is 0 Å². The van der Waals surface area contributed by atoms with Crippen LogP contribution in [0.4, 0.5) is 4.79 Å². The molecule has 35 heavy (non-hydrogen) atoms. The number of ether oxygens (including phenoxy) is 1. The van der Waals surface area contributed by atoms with E-state index >= 15 is 0 Å². The number of aliphatic hydroxyl groups excluding tert-OH is 1. The highest BCUT2D eigenvalue weighted by Gasteiger charge is 2.29. The van der Waals surface area contributed by atoms with E-state index in [2.05, 4.69) is 34.9 Å². The summed E-state index contributed by atoms with van der Waals surface area (Å²) in [4.78, 5) is 36.2. The first-order valence-corrected chi connectivity index (χ1v) is 12.0. The van der Waals surface area contributed by atoms with Crippen molar-refractivity contribution in [3.63, 3.8) is 0 Å². The van der Waals surface area contributed by atoms with Gasteiger partial charge in [-0.15, -0.1) is 0 Å². The Bertz CT molecular complexity index is 992. The van der Waals surface area contributed by atoms with Crippen LogP contribution in [0.1, 0.15) is 50.2 Å². The lowest BCUT2D eigenvalue weighted by Gasteiger charge is -2.21. The first-order chi connectivity index (χ1) is 16.8. The van der Waals surface area contributed by atoms with Gasteiger partial charge >= 0.3 is 12.1 Å². The Morgan fingerprint density at radius 2 is 1.60 bits per heavy atom. The smallest absolute Gasteiger partial charge is 0.407 e. The summed E-state index contributed by atoms with van der Waals surface area (Å²) in [6.07, 6.45) is 0.129. The number of nitrogens with one attached hydrogen (secondary N) is 2. The Morgan fingerprint density at radius 3 is 2.14 bits per heavy atom. The largest absolute Gasteiger partial charge is 0.480 e. The van der Waals surface area contributed by atoms with Gasteiger partial charge in [0.2, 0.25) is 5.91 Å². The topological polar surface area (TPSA) is 125 Å². The quantitative estimate of drug-likeness (QED) is 0.367. The molecule has 188 valence electrons. The van der Waals surface area contributed by atoms with E-state index in [-0.39, 0.29) is 50.4 Å². The predicted molar refractivity (Wildman–Crippen MR) is 132 cm³/mol. The van der Waals surface area contributed by atoms with Crippen molar-refractivity contribution in [2.45, 2.75) is 45.1 Å². The minimum Gasteiger partial charge on any atom is -0.480 e. The zero-order valence-corrected chi connectivity index (χ0v) is 20.2. The van der Waals surface area contributed by atoms with E-state index in [0.717, 1.165) is 22.3 Å². The predicted octanol–water partition coefficient (Wildman–Crippen LogP) is 3.53. The van der Waals surface area contributed by atoms with Gasteiger partial charge in [-0.3, -0.25) is 4.79 Å². The van der Waals surface area contributed by atoms with Crippen molar-refractivity contribution >= 4 is 18.0 Å². The highest BCUT2D eigenvalue weighted by Crippen LogP contribution is 2.44. The Hall–Kier alpha value is -3.39. The van der Waals surface area contributed by atoms with Crippen molar-refractivity contribution in [2.75, 3.05) is 19.8 Å². The molecule has 8 heteroatoms. The lowest BCUT2D eigenvalue weighted by Crippen LogP contribution is -2.43. The molecule has 0 fully saturated rings. The average molecular weight is 483 g/mol. The summed E-state index contributed by atoms with van der Waals surface area (Å²) < 4.78 is 5.57. The molecule has 1 aliphatic rings. The third-order valence-electron chi connectivity index (χ3n) is 6.21. The highest BCUT2D eigenvalue weighted by molar-refractivity contribution is 5.83. The third-order valence-corrected chi connectivity index (χ3v) is 6.21. The summed E-state index contributed by atoms with van der Waals surface area (Å²) >= 11 is 0. The van der Waals surface area contributed by atoms with Crippen LogP contribution in [0.25, 0.3) is 11.1 Å². The highest BCUT2D eigenvalue weighted by atomic mass is 16.5. The molecule has 0 aromatic heterocycles. The number of fused-ring (bicyclic) bond motifs is 3. The molecule has 0 heterocycles. The summed E-state index contributed by atoms with van der Waals surface area (Å²) in [7, 11) is 0. The number of carbonyl (C=O) groups is 3. The van der Waals surface area contributed by atoms with Crippen LogP contribution in [-0.2, 0) is 14.3 Å². The Labute approximate surface area is 205 Å². The molecule has 0 saturated carbocycles. The first-order valence-electron chi connectivity index (χ1n) is 12.0. The number of carboxylic acid groups (broad SMARTS) is 1. The maximum absolute atomic E-state index is 12.5. The van der Waals surface area contributed by atoms with Gasteiger partial charge < -0.3 is 25.6 Å². The van der Waals surface area contributed by atoms with E-state index in [9.17, 15) is 19.5 Å². The molecule has 8 nitrogen and oxygen atoms in total. The standard InChI is InChI=1S/C27H34N2O6/c1-17(2)13-18(14-25(31)29-24(11-12-30)26(32)33)15-28-27(34)35-16-23-21-9-5-3-7-19(21)20-8-4-6-10-22(20)23/h3-10,17-18,23-24,30H,11-16H2,1-2H3,(H,28,34)(H,29,31)(H,32,33). The van der Waals surface area contributed by atoms with Crippen molar-refractivity contribution in [3.05, 3.63) is 59.7 Å². The number of carboxylic acids is 1. The van der Waals surface area contributed by atoms with Crippen molar-refractivity contribution < 1.29 is 29.3 Å². The molecule has 0 spiro atoms. The molecule has 0 radical (unpaired) electrons. The first kappa shape index (κ1) is 26.2. The minimum atomic E-state index is -1.19. The van der Waals surface area contributed by atoms with Crippen LogP contribution < -0.4 is 10.6 Å². The lowest BCUT2D eigenvalue weighted by molar-refractivity contribution is -0.142. The van der Waals surface area contributed by atoms with Gasteiger partial charge in [0.1, 0.15) is 12.6 Å². The SMILES string of the molecule is CC(C)CC(CNC(=O)OCC1c2ccccc2-c2ccccc21)CC(=O)NC(CCO)C(=O)O. The Kier molecular flexibility index (Phi) is 9.25. The summed E-state index contributed by atoms with van der Waals surface area (Å²) in [5.74, 6) is -1.55. The zero-order valence-electron chi connectivity index (χ0n) is 20.2. The van der Waals surface area contributed by atoms with Crippen LogP contribution in [0.2, 0.25) is 0 Å². The van der Waals surface area contributed by atoms with Gasteiger partial charge in [0.15, 0.2) is 0 Å². The second kappa shape index (κ2) is 12.4. The van der Waals surface area contributed by atoms with E-state index in [1.165, 1.54) is 0 Å². The summed E-state index contributed by atoms with van der Waals surface area (Å²) in [6, 6.07) is 15.1. The van der Waals surface area contributed by atoms with E-state index in [4.69, 9.17) is 9.84 Å². The molecule has 3 rings (SSSR count). The minimum absolute atomic E-state index is 0.0372. The molecule has 0 saturated heterocycles. The summed E-state index contributed by atoms with van der Waals surface area (Å²) in [5, 5.41) is 23.4. The van der Waals surface area contributed by atoms with Crippen molar-refractivity contribution in [1.82, 2.24) is 10.6 Å². The van der Waals surface area contributed by atoms with Gasteiger partial charge in [-0.05, 0) is 40.5 Å². The van der Waals surface area contributed by atoms with Crippen LogP contribution in [-0.4, -0.2) is 54.0 Å². The lowest BCUT2D eigenvalue weighted by atomic mass is 9.93. The fourth-order valence-electron chi connectivity index (χ4n) is 4.68. The van der Waals surface area contributed by atoms with Crippen molar-refractivity contribution in [2.24, 2.45) is 11.8 Å². The molecule has 0 aliphatic heterocycles. The van der Waals surface area contributed by atoms with Gasteiger partial charge in [0, 0.05) is 31.9 Å². The summed E-state index contributed by atoms with van der Waals surface area (Å²) in [6.45, 7) is 4.14. The van der Waals surface area contributed by atoms with Crippen LogP contribution in [0.15, 0.2) is 48.5 Å². The number of hydrogen-bond donors (Lipinski definition) is 4. The number of aliphatic hydroxyl groups is 1. The molecule has 2 unspecified atom stereocenters. The number of aliphatic carboxylic acids is 1. The van der Waals surface area contributed by atoms with Gasteiger partial charge in [0.25, 0.3) is 0 Å². The molecule has 2 atom stereocenters. The molecule has 1 aliphatic carbocycles. The van der Waals surface area contributed by atoms with Gasteiger partial charge in [-0.1, -0.05) is 62.4 Å². The molecule has 4 N–H and O–H groups in total. The fraction of sp³-hybridized carbons (Fsp3) is 0.444. The molecular formula is C27H34N2O6. The number of benzene rings is 2. The van der Waals surface area contributed by atoms with E-state index < -0.39 is 24.0 Å². The van der Waals surface area contributed by atoms with E-state index in [0.29, 0.717) is 6.42 Å². The van der Waals surface area contributed by atoms with Crippen LogP contribution in [0, 0.1) is 11.8 Å². The van der Waals surface area contributed by atoms with Crippen LogP contribution in [0.5, 0.6) is 0 Å². The average Bonchev–Trinajstić information content (AvgIpc) is 3.14. The number of amides is 2. The number of carbonyl (C=O) groups excluding carboxylic acids is 2. The van der Waals surface area contributed by atoms with E-state index in [1.807, 2.05) is 38.1 Å². The molecule has 2 aromatic rings. The molecule has 2 aromatic carbocycles. The van der Waals surface area contributed by atoms with Crippen molar-refractivity contribution in [3.8, 4) is 11.1 Å². The normalized spacial score (nSPS) is 14.1. The molecular weight excluding hydrogens is 448 g/mol. The van der Waals surface area contributed by atoms with Gasteiger partial charge in [-0.2, -0.15) is 0 Å². The number of rotatable bonds is 12. The maximum atomic E-state index is 12.5. The van der Waals surface area contributed by atoms with E-state index in [1.54, 1.807) is 0 Å². The van der Waals surface area contributed by atoms with Crippen LogP contribution in [0.3, 0.4) is 0 Å². The number of hydrogen-bond acceptors (Lipinski definition) is 5. The Morgan fingerprint density at radius 1 is 1.00 bits per heavy atom. The zero-order chi connectivity index (χ0) is 25.4.